The zero-order chi connectivity index (χ0) is 18.4. The molecule has 0 saturated heterocycles. The van der Waals surface area contributed by atoms with Crippen molar-refractivity contribution >= 4 is 11.4 Å². The van der Waals surface area contributed by atoms with Gasteiger partial charge in [-0.2, -0.15) is 0 Å². The molecule has 0 aromatic heterocycles. The first-order valence-electron chi connectivity index (χ1n) is 8.28. The van der Waals surface area contributed by atoms with E-state index in [-0.39, 0.29) is 11.5 Å². The van der Waals surface area contributed by atoms with Crippen molar-refractivity contribution in [3.63, 3.8) is 0 Å². The molecule has 132 valence electrons. The Kier molecular flexibility index (Phi) is 5.75. The summed E-state index contributed by atoms with van der Waals surface area (Å²) in [5, 5.41) is 27.7. The van der Waals surface area contributed by atoms with E-state index in [1.807, 2.05) is 50.2 Å². The van der Waals surface area contributed by atoms with Crippen LogP contribution in [0.15, 0.2) is 61.7 Å². The largest absolute Gasteiger partial charge is 0.505 e. The van der Waals surface area contributed by atoms with Gasteiger partial charge >= 0.3 is 0 Å². The highest BCUT2D eigenvalue weighted by molar-refractivity contribution is 5.67. The molecule has 0 saturated carbocycles. The maximum Gasteiger partial charge on any atom is 0.142 e. The summed E-state index contributed by atoms with van der Waals surface area (Å²) >= 11 is 0. The fourth-order valence-corrected chi connectivity index (χ4v) is 2.89. The van der Waals surface area contributed by atoms with Gasteiger partial charge < -0.3 is 20.8 Å². The lowest BCUT2D eigenvalue weighted by atomic mass is 9.76. The molecule has 0 spiro atoms. The average molecular weight is 338 g/mol. The molecule has 0 unspecified atom stereocenters. The van der Waals surface area contributed by atoms with Crippen molar-refractivity contribution < 1.29 is 10.2 Å². The first-order chi connectivity index (χ1) is 11.9. The number of rotatable bonds is 8. The van der Waals surface area contributed by atoms with Crippen molar-refractivity contribution in [2.75, 3.05) is 23.7 Å². The molecule has 2 aromatic rings. The molecule has 0 fully saturated rings. The van der Waals surface area contributed by atoms with Crippen LogP contribution < -0.4 is 10.6 Å². The zero-order valence-corrected chi connectivity index (χ0v) is 14.8. The van der Waals surface area contributed by atoms with Gasteiger partial charge in [0.1, 0.15) is 11.5 Å². The summed E-state index contributed by atoms with van der Waals surface area (Å²) in [6.07, 6.45) is 3.47. The van der Waals surface area contributed by atoms with Crippen LogP contribution in [0.4, 0.5) is 11.4 Å². The maximum absolute atomic E-state index is 10.7. The predicted octanol–water partition coefficient (Wildman–Crippen LogP) is 4.62. The molecule has 25 heavy (non-hydrogen) atoms. The van der Waals surface area contributed by atoms with Crippen molar-refractivity contribution in [2.45, 2.75) is 19.3 Å². The third-order valence-electron chi connectivity index (χ3n) is 4.29. The lowest BCUT2D eigenvalue weighted by Crippen LogP contribution is -2.20. The molecule has 0 aliphatic carbocycles. The molecule has 2 rings (SSSR count). The van der Waals surface area contributed by atoms with E-state index in [2.05, 4.69) is 23.8 Å². The Hall–Kier alpha value is -2.88. The summed E-state index contributed by atoms with van der Waals surface area (Å²) in [6, 6.07) is 11.2. The smallest absolute Gasteiger partial charge is 0.142 e. The van der Waals surface area contributed by atoms with Crippen LogP contribution >= 0.6 is 0 Å². The predicted molar refractivity (Wildman–Crippen MR) is 106 cm³/mol. The van der Waals surface area contributed by atoms with Crippen molar-refractivity contribution in [3.05, 3.63) is 72.8 Å². The van der Waals surface area contributed by atoms with Gasteiger partial charge in [-0.1, -0.05) is 50.3 Å². The summed E-state index contributed by atoms with van der Waals surface area (Å²) in [4.78, 5) is 0. The molecule has 0 bridgehead atoms. The summed E-state index contributed by atoms with van der Waals surface area (Å²) in [6.45, 7) is 12.4. The Morgan fingerprint density at radius 1 is 0.840 bits per heavy atom. The minimum Gasteiger partial charge on any atom is -0.505 e. The Morgan fingerprint density at radius 3 is 1.60 bits per heavy atom. The van der Waals surface area contributed by atoms with Crippen molar-refractivity contribution in [1.29, 1.82) is 0 Å². The normalized spacial score (nSPS) is 11.0. The SMILES string of the molecule is C=CCNc1cccc(C(C)(C)c2cccc(NCC=C)c2O)c1O. The van der Waals surface area contributed by atoms with E-state index in [1.165, 1.54) is 0 Å². The molecule has 4 nitrogen and oxygen atoms in total. The molecule has 2 aromatic carbocycles. The summed E-state index contributed by atoms with van der Waals surface area (Å²) < 4.78 is 0. The molecule has 0 radical (unpaired) electrons. The van der Waals surface area contributed by atoms with Gasteiger partial charge in [-0.15, -0.1) is 13.2 Å². The van der Waals surface area contributed by atoms with Crippen LogP contribution in [-0.4, -0.2) is 23.3 Å². The second kappa shape index (κ2) is 7.79. The van der Waals surface area contributed by atoms with Gasteiger partial charge in [0.2, 0.25) is 0 Å². The van der Waals surface area contributed by atoms with Gasteiger partial charge in [0.05, 0.1) is 11.4 Å². The molecule has 0 aliphatic rings. The second-order valence-electron chi connectivity index (χ2n) is 6.37. The highest BCUT2D eigenvalue weighted by Gasteiger charge is 2.30. The highest BCUT2D eigenvalue weighted by atomic mass is 16.3. The molecule has 4 heteroatoms. The molecule has 0 heterocycles. The van der Waals surface area contributed by atoms with Gasteiger partial charge in [0.15, 0.2) is 0 Å². The van der Waals surface area contributed by atoms with Crippen molar-refractivity contribution in [3.8, 4) is 11.5 Å². The summed E-state index contributed by atoms with van der Waals surface area (Å²) in [5.41, 5.74) is 2.17. The lowest BCUT2D eigenvalue weighted by molar-refractivity contribution is 0.437. The van der Waals surface area contributed by atoms with Gasteiger partial charge in [0, 0.05) is 29.6 Å². The van der Waals surface area contributed by atoms with Crippen LogP contribution in [0.25, 0.3) is 0 Å². The number of aromatic hydroxyl groups is 2. The number of anilines is 2. The van der Waals surface area contributed by atoms with Crippen LogP contribution in [0, 0.1) is 0 Å². The molecule has 4 N–H and O–H groups in total. The van der Waals surface area contributed by atoms with E-state index in [1.54, 1.807) is 12.2 Å². The Balaban J connectivity index is 2.48. The Labute approximate surface area is 149 Å². The van der Waals surface area contributed by atoms with E-state index in [0.717, 1.165) is 11.1 Å². The number of benzene rings is 2. The third kappa shape index (κ3) is 3.79. The number of phenolic OH excluding ortho intramolecular Hbond substituents is 2. The van der Waals surface area contributed by atoms with Gasteiger partial charge in [-0.25, -0.2) is 0 Å². The lowest BCUT2D eigenvalue weighted by Gasteiger charge is -2.29. The first kappa shape index (κ1) is 18.5. The van der Waals surface area contributed by atoms with Crippen molar-refractivity contribution in [1.82, 2.24) is 0 Å². The van der Waals surface area contributed by atoms with Gasteiger partial charge in [-0.3, -0.25) is 0 Å². The second-order valence-corrected chi connectivity index (χ2v) is 6.37. The van der Waals surface area contributed by atoms with Crippen LogP contribution in [-0.2, 0) is 5.41 Å². The van der Waals surface area contributed by atoms with E-state index in [9.17, 15) is 10.2 Å². The standard InChI is InChI=1S/C21H26N2O2/c1-5-13-22-17-11-7-9-15(19(17)24)21(3,4)16-10-8-12-18(20(16)25)23-14-6-2/h5-12,22-25H,1-2,13-14H2,3-4H3. The molecule has 0 amide bonds. The van der Waals surface area contributed by atoms with E-state index >= 15 is 0 Å². The average Bonchev–Trinajstić information content (AvgIpc) is 2.59. The highest BCUT2D eigenvalue weighted by Crippen LogP contribution is 2.44. The number of nitrogens with one attached hydrogen (secondary N) is 2. The number of hydrogen-bond donors (Lipinski definition) is 4. The van der Waals surface area contributed by atoms with Gasteiger partial charge in [-0.05, 0) is 12.1 Å². The summed E-state index contributed by atoms with van der Waals surface area (Å²) in [5.74, 6) is 0.358. The molecule has 0 aliphatic heterocycles. The molecule has 0 atom stereocenters. The number of phenols is 2. The number of para-hydroxylation sites is 2. The minimum absolute atomic E-state index is 0.179. The van der Waals surface area contributed by atoms with E-state index in [4.69, 9.17) is 0 Å². The summed E-state index contributed by atoms with van der Waals surface area (Å²) in [7, 11) is 0. The monoisotopic (exact) mass is 338 g/mol. The number of hydrogen-bond acceptors (Lipinski definition) is 4. The zero-order valence-electron chi connectivity index (χ0n) is 14.8. The van der Waals surface area contributed by atoms with Crippen LogP contribution in [0.3, 0.4) is 0 Å². The van der Waals surface area contributed by atoms with Crippen LogP contribution in [0.5, 0.6) is 11.5 Å². The molecular weight excluding hydrogens is 312 g/mol. The van der Waals surface area contributed by atoms with Crippen LogP contribution in [0.1, 0.15) is 25.0 Å². The van der Waals surface area contributed by atoms with E-state index in [0.29, 0.717) is 24.5 Å². The Bertz CT molecular complexity index is 703. The Morgan fingerprint density at radius 2 is 1.24 bits per heavy atom. The topological polar surface area (TPSA) is 64.5 Å². The van der Waals surface area contributed by atoms with Crippen LogP contribution in [0.2, 0.25) is 0 Å². The third-order valence-corrected chi connectivity index (χ3v) is 4.29. The van der Waals surface area contributed by atoms with Crippen molar-refractivity contribution in [2.24, 2.45) is 0 Å². The fraction of sp³-hybridized carbons (Fsp3) is 0.238. The maximum atomic E-state index is 10.7. The fourth-order valence-electron chi connectivity index (χ4n) is 2.89. The first-order valence-corrected chi connectivity index (χ1v) is 8.28. The quantitative estimate of drug-likeness (QED) is 0.419. The minimum atomic E-state index is -0.591. The molecular formula is C21H26N2O2. The van der Waals surface area contributed by atoms with Gasteiger partial charge in [0.25, 0.3) is 0 Å². The van der Waals surface area contributed by atoms with E-state index < -0.39 is 5.41 Å².